The number of aliphatic carboxylic acids is 1. The van der Waals surface area contributed by atoms with Crippen LogP contribution in [0.1, 0.15) is 39.5 Å². The first-order valence-corrected chi connectivity index (χ1v) is 3.84. The van der Waals surface area contributed by atoms with Crippen LogP contribution in [0.2, 0.25) is 0 Å². The summed E-state index contributed by atoms with van der Waals surface area (Å²) in [7, 11) is 0. The number of rotatable bonds is 5. The van der Waals surface area contributed by atoms with Gasteiger partial charge < -0.3 is 5.11 Å². The summed E-state index contributed by atoms with van der Waals surface area (Å²) in [5, 5.41) is 8.28. The molecule has 0 spiro atoms. The van der Waals surface area contributed by atoms with E-state index in [0.29, 0.717) is 12.3 Å². The Morgan fingerprint density at radius 3 is 2.27 bits per heavy atom. The van der Waals surface area contributed by atoms with Crippen LogP contribution >= 0.6 is 0 Å². The first-order chi connectivity index (χ1) is 4.63. The van der Waals surface area contributed by atoms with Gasteiger partial charge in [0.15, 0.2) is 17.4 Å². The molecule has 0 unspecified atom stereocenters. The average molecular weight is 174 g/mol. The van der Waals surface area contributed by atoms with Crippen molar-refractivity contribution in [2.24, 2.45) is 5.92 Å². The predicted molar refractivity (Wildman–Crippen MR) is 50.9 cm³/mol. The van der Waals surface area contributed by atoms with Crippen LogP contribution in [-0.2, 0) is 4.79 Å². The number of hydrogen-bond donors (Lipinski definition) is 1. The van der Waals surface area contributed by atoms with Gasteiger partial charge in [0.2, 0.25) is 0 Å². The molecule has 3 heteroatoms. The molecule has 0 atom stereocenters. The molecule has 0 radical (unpaired) electrons. The highest BCUT2D eigenvalue weighted by Crippen LogP contribution is 2.07. The van der Waals surface area contributed by atoms with Gasteiger partial charge in [-0.1, -0.05) is 26.7 Å². The molecule has 1 N–H and O–H groups in total. The van der Waals surface area contributed by atoms with E-state index in [-0.39, 0.29) is 17.4 Å². The molecule has 0 aliphatic carbocycles. The van der Waals surface area contributed by atoms with Crippen LogP contribution in [0.4, 0.5) is 0 Å². The number of unbranched alkanes of at least 4 members (excludes halogenated alkanes) is 1. The van der Waals surface area contributed by atoms with Gasteiger partial charge >= 0.3 is 5.97 Å². The van der Waals surface area contributed by atoms with Gasteiger partial charge in [-0.2, -0.15) is 0 Å². The molecule has 0 saturated heterocycles. The summed E-state index contributed by atoms with van der Waals surface area (Å²) < 4.78 is 0. The molecule has 0 aromatic carbocycles. The Morgan fingerprint density at radius 1 is 1.36 bits per heavy atom. The number of hydrogen-bond acceptors (Lipinski definition) is 1. The van der Waals surface area contributed by atoms with Gasteiger partial charge in [-0.25, -0.2) is 0 Å². The highest BCUT2D eigenvalue weighted by atomic mass is 27.0. The van der Waals surface area contributed by atoms with E-state index in [1.807, 2.05) is 0 Å². The van der Waals surface area contributed by atoms with Gasteiger partial charge in [0.05, 0.1) is 0 Å². The minimum absolute atomic E-state index is 0. The zero-order valence-corrected chi connectivity index (χ0v) is 6.76. The van der Waals surface area contributed by atoms with Crippen molar-refractivity contribution in [2.75, 3.05) is 0 Å². The maximum Gasteiger partial charge on any atom is 0.303 e. The van der Waals surface area contributed by atoms with Gasteiger partial charge in [-0.05, 0) is 12.3 Å². The number of carboxylic acid groups (broad SMARTS) is 1. The van der Waals surface area contributed by atoms with Crippen LogP contribution in [0.25, 0.3) is 0 Å². The summed E-state index contributed by atoms with van der Waals surface area (Å²) in [6.07, 6.45) is 3.34. The fourth-order valence-corrected chi connectivity index (χ4v) is 0.829. The van der Waals surface area contributed by atoms with E-state index in [1.165, 1.54) is 0 Å². The van der Waals surface area contributed by atoms with E-state index in [2.05, 4.69) is 13.8 Å². The van der Waals surface area contributed by atoms with E-state index in [9.17, 15) is 4.79 Å². The monoisotopic (exact) mass is 174 g/mol. The lowest BCUT2D eigenvalue weighted by atomic mass is 10.1. The van der Waals surface area contributed by atoms with E-state index < -0.39 is 5.97 Å². The summed E-state index contributed by atoms with van der Waals surface area (Å²) in [6.45, 7) is 4.31. The Labute approximate surface area is 79.1 Å². The van der Waals surface area contributed by atoms with Crippen LogP contribution < -0.4 is 0 Å². The van der Waals surface area contributed by atoms with Crippen LogP contribution in [-0.4, -0.2) is 28.4 Å². The average Bonchev–Trinajstić information content (AvgIpc) is 1.79. The van der Waals surface area contributed by atoms with Crippen LogP contribution in [0.3, 0.4) is 0 Å². The molecule has 0 aliphatic rings. The lowest BCUT2D eigenvalue weighted by Gasteiger charge is -2.01. The lowest BCUT2D eigenvalue weighted by molar-refractivity contribution is -0.137. The third-order valence-electron chi connectivity index (χ3n) is 1.42. The molecule has 0 aliphatic heterocycles. The molecule has 0 rings (SSSR count). The van der Waals surface area contributed by atoms with Crippen LogP contribution in [0.15, 0.2) is 0 Å². The standard InChI is InChI=1S/C8H16O2.Al.3H/c1-7(2)5-3-4-6-8(9)10;;;;/h7H,3-6H2,1-2H3,(H,9,10);;;;. The highest BCUT2D eigenvalue weighted by molar-refractivity contribution is 5.75. The molecule has 2 nitrogen and oxygen atoms in total. The second-order valence-corrected chi connectivity index (χ2v) is 3.03. The Hall–Kier alpha value is 0.00247. The topological polar surface area (TPSA) is 37.3 Å². The summed E-state index contributed by atoms with van der Waals surface area (Å²) in [5.41, 5.74) is 0. The first-order valence-electron chi connectivity index (χ1n) is 3.84. The molecule has 0 fully saturated rings. The first kappa shape index (κ1) is 13.6. The van der Waals surface area contributed by atoms with Gasteiger partial charge in [-0.3, -0.25) is 4.79 Å². The van der Waals surface area contributed by atoms with Crippen molar-refractivity contribution < 1.29 is 9.90 Å². The fourth-order valence-electron chi connectivity index (χ4n) is 0.829. The van der Waals surface area contributed by atoms with Crippen molar-refractivity contribution in [1.29, 1.82) is 0 Å². The molecular formula is C8H19AlO2. The second-order valence-electron chi connectivity index (χ2n) is 3.03. The molecule has 0 aromatic heterocycles. The smallest absolute Gasteiger partial charge is 0.303 e. The van der Waals surface area contributed by atoms with Gasteiger partial charge in [0, 0.05) is 6.42 Å². The van der Waals surface area contributed by atoms with E-state index in [0.717, 1.165) is 19.3 Å². The second kappa shape index (κ2) is 8.10. The molecule has 11 heavy (non-hydrogen) atoms. The van der Waals surface area contributed by atoms with E-state index in [1.54, 1.807) is 0 Å². The zero-order valence-electron chi connectivity index (χ0n) is 6.76. The van der Waals surface area contributed by atoms with Crippen molar-refractivity contribution in [1.82, 2.24) is 0 Å². The number of carboxylic acids is 1. The normalized spacial score (nSPS) is 9.36. The molecular weight excluding hydrogens is 155 g/mol. The molecule has 66 valence electrons. The SMILES string of the molecule is CC(C)CCCCC(=O)O.[AlH3]. The van der Waals surface area contributed by atoms with E-state index in [4.69, 9.17) is 5.11 Å². The predicted octanol–water partition coefficient (Wildman–Crippen LogP) is 1.10. The Bertz CT molecular complexity index is 102. The molecule has 0 saturated carbocycles. The van der Waals surface area contributed by atoms with Crippen molar-refractivity contribution in [3.05, 3.63) is 0 Å². The quantitative estimate of drug-likeness (QED) is 0.500. The molecule has 0 aromatic rings. The highest BCUT2D eigenvalue weighted by Gasteiger charge is 1.97. The minimum atomic E-state index is -0.677. The van der Waals surface area contributed by atoms with Crippen molar-refractivity contribution in [3.63, 3.8) is 0 Å². The molecule has 0 amide bonds. The maximum atomic E-state index is 10.0. The van der Waals surface area contributed by atoms with Gasteiger partial charge in [-0.15, -0.1) is 0 Å². The Balaban J connectivity index is 0. The fraction of sp³-hybridized carbons (Fsp3) is 0.875. The third kappa shape index (κ3) is 13.1. The third-order valence-corrected chi connectivity index (χ3v) is 1.42. The molecule has 0 heterocycles. The summed E-state index contributed by atoms with van der Waals surface area (Å²) in [5.74, 6) is 0.0255. The zero-order chi connectivity index (χ0) is 7.98. The number of carbonyl (C=O) groups is 1. The summed E-state index contributed by atoms with van der Waals surface area (Å²) in [6, 6.07) is 0. The molecule has 0 bridgehead atoms. The van der Waals surface area contributed by atoms with Crippen LogP contribution in [0, 0.1) is 5.92 Å². The Morgan fingerprint density at radius 2 is 1.91 bits per heavy atom. The van der Waals surface area contributed by atoms with Gasteiger partial charge in [0.1, 0.15) is 0 Å². The van der Waals surface area contributed by atoms with E-state index >= 15 is 0 Å². The lowest BCUT2D eigenvalue weighted by Crippen LogP contribution is -1.94. The minimum Gasteiger partial charge on any atom is -0.481 e. The van der Waals surface area contributed by atoms with Crippen molar-refractivity contribution >= 4 is 23.3 Å². The van der Waals surface area contributed by atoms with Crippen molar-refractivity contribution in [2.45, 2.75) is 39.5 Å². The van der Waals surface area contributed by atoms with Crippen LogP contribution in [0.5, 0.6) is 0 Å². The summed E-state index contributed by atoms with van der Waals surface area (Å²) in [4.78, 5) is 10.0. The Kier molecular flexibility index (Phi) is 10.0. The van der Waals surface area contributed by atoms with Crippen molar-refractivity contribution in [3.8, 4) is 0 Å². The summed E-state index contributed by atoms with van der Waals surface area (Å²) >= 11 is 0. The largest absolute Gasteiger partial charge is 0.481 e. The maximum absolute atomic E-state index is 10.0. The van der Waals surface area contributed by atoms with Gasteiger partial charge in [0.25, 0.3) is 0 Å².